The molecular weight excluding hydrogens is 350 g/mol. The first-order chi connectivity index (χ1) is 12.9. The van der Waals surface area contributed by atoms with Crippen molar-refractivity contribution in [1.82, 2.24) is 5.32 Å². The number of unbranched alkanes of at least 4 members (excludes halogenated alkanes) is 1. The van der Waals surface area contributed by atoms with Crippen molar-refractivity contribution in [2.24, 2.45) is 0 Å². The lowest BCUT2D eigenvalue weighted by atomic mass is 10.0. The third-order valence-corrected chi connectivity index (χ3v) is 4.56. The summed E-state index contributed by atoms with van der Waals surface area (Å²) in [4.78, 5) is 35.5. The van der Waals surface area contributed by atoms with Crippen molar-refractivity contribution >= 4 is 22.8 Å². The molecule has 7 heteroatoms. The SMILES string of the molecule is CCCC[C@@H](NC(=O)CCc1c(C)c2ccc(OC)cc2oc1=O)C(=O)[O-]. The van der Waals surface area contributed by atoms with Gasteiger partial charge >= 0.3 is 5.63 Å². The van der Waals surface area contributed by atoms with Crippen LogP contribution >= 0.6 is 0 Å². The minimum Gasteiger partial charge on any atom is -0.548 e. The second-order valence-electron chi connectivity index (χ2n) is 6.44. The molecule has 1 amide bonds. The van der Waals surface area contributed by atoms with Gasteiger partial charge in [-0.25, -0.2) is 4.79 Å². The summed E-state index contributed by atoms with van der Waals surface area (Å²) in [5, 5.41) is 14.3. The van der Waals surface area contributed by atoms with Crippen molar-refractivity contribution < 1.29 is 23.8 Å². The number of rotatable bonds is 9. The molecule has 1 aromatic heterocycles. The molecule has 0 spiro atoms. The number of ether oxygens (including phenoxy) is 1. The Morgan fingerprint density at radius 2 is 2.07 bits per heavy atom. The lowest BCUT2D eigenvalue weighted by Crippen LogP contribution is -2.47. The number of nitrogens with one attached hydrogen (secondary N) is 1. The average Bonchev–Trinajstić information content (AvgIpc) is 2.64. The molecule has 0 bridgehead atoms. The minimum absolute atomic E-state index is 0.0107. The molecule has 1 atom stereocenters. The Morgan fingerprint density at radius 1 is 1.33 bits per heavy atom. The van der Waals surface area contributed by atoms with Gasteiger partial charge in [0.15, 0.2) is 0 Å². The predicted molar refractivity (Wildman–Crippen MR) is 98.6 cm³/mol. The van der Waals surface area contributed by atoms with Crippen LogP contribution in [0.15, 0.2) is 27.4 Å². The predicted octanol–water partition coefficient (Wildman–Crippen LogP) is 1.47. The Hall–Kier alpha value is -2.83. The fraction of sp³-hybridized carbons (Fsp3) is 0.450. The van der Waals surface area contributed by atoms with E-state index in [1.807, 2.05) is 6.92 Å². The third kappa shape index (κ3) is 5.09. The van der Waals surface area contributed by atoms with Crippen LogP contribution in [0.2, 0.25) is 0 Å². The summed E-state index contributed by atoms with van der Waals surface area (Å²) in [5.41, 5.74) is 1.05. The second-order valence-corrected chi connectivity index (χ2v) is 6.44. The van der Waals surface area contributed by atoms with Gasteiger partial charge in [0.25, 0.3) is 0 Å². The number of fused-ring (bicyclic) bond motifs is 1. The molecule has 27 heavy (non-hydrogen) atoms. The molecule has 1 N–H and O–H groups in total. The van der Waals surface area contributed by atoms with Gasteiger partial charge in [0.1, 0.15) is 11.3 Å². The molecule has 1 aromatic carbocycles. The van der Waals surface area contributed by atoms with Gasteiger partial charge in [0, 0.05) is 23.4 Å². The van der Waals surface area contributed by atoms with Gasteiger partial charge in [-0.2, -0.15) is 0 Å². The molecule has 0 saturated heterocycles. The van der Waals surface area contributed by atoms with Crippen LogP contribution in [-0.2, 0) is 16.0 Å². The zero-order valence-corrected chi connectivity index (χ0v) is 15.8. The van der Waals surface area contributed by atoms with Crippen molar-refractivity contribution in [1.29, 1.82) is 0 Å². The Balaban J connectivity index is 2.13. The lowest BCUT2D eigenvalue weighted by molar-refractivity contribution is -0.308. The molecular formula is C20H24NO6-. The van der Waals surface area contributed by atoms with E-state index in [-0.39, 0.29) is 12.8 Å². The summed E-state index contributed by atoms with van der Waals surface area (Å²) >= 11 is 0. The molecule has 0 unspecified atom stereocenters. The van der Waals surface area contributed by atoms with Crippen molar-refractivity contribution in [3.8, 4) is 5.75 Å². The first-order valence-electron chi connectivity index (χ1n) is 8.97. The van der Waals surface area contributed by atoms with Crippen LogP contribution < -0.4 is 20.8 Å². The lowest BCUT2D eigenvalue weighted by Gasteiger charge is -2.19. The normalized spacial score (nSPS) is 12.0. The van der Waals surface area contributed by atoms with E-state index in [2.05, 4.69) is 5.32 Å². The number of benzene rings is 1. The van der Waals surface area contributed by atoms with E-state index < -0.39 is 23.5 Å². The molecule has 0 saturated carbocycles. The quantitative estimate of drug-likeness (QED) is 0.666. The van der Waals surface area contributed by atoms with Crippen molar-refractivity contribution in [3.05, 3.63) is 39.7 Å². The summed E-state index contributed by atoms with van der Waals surface area (Å²) < 4.78 is 10.5. The van der Waals surface area contributed by atoms with Crippen molar-refractivity contribution in [2.45, 2.75) is 52.0 Å². The summed E-state index contributed by atoms with van der Waals surface area (Å²) in [5.74, 6) is -1.15. The Morgan fingerprint density at radius 3 is 2.70 bits per heavy atom. The number of carbonyl (C=O) groups excluding carboxylic acids is 2. The summed E-state index contributed by atoms with van der Waals surface area (Å²) in [6.07, 6.45) is 1.97. The summed E-state index contributed by atoms with van der Waals surface area (Å²) in [7, 11) is 1.53. The monoisotopic (exact) mass is 374 g/mol. The molecule has 0 radical (unpaired) electrons. The summed E-state index contributed by atoms with van der Waals surface area (Å²) in [6, 6.07) is 4.19. The van der Waals surface area contributed by atoms with Gasteiger partial charge in [0.2, 0.25) is 5.91 Å². The van der Waals surface area contributed by atoms with E-state index in [0.717, 1.165) is 17.4 Å². The number of carboxylic acid groups (broad SMARTS) is 1. The molecule has 0 aliphatic carbocycles. The van der Waals surface area contributed by atoms with Crippen LogP contribution in [-0.4, -0.2) is 25.0 Å². The summed E-state index contributed by atoms with van der Waals surface area (Å²) in [6.45, 7) is 3.73. The molecule has 2 aromatic rings. The first kappa shape index (κ1) is 20.5. The molecule has 1 heterocycles. The van der Waals surface area contributed by atoms with Crippen LogP contribution in [0.5, 0.6) is 5.75 Å². The van der Waals surface area contributed by atoms with E-state index in [1.54, 1.807) is 25.1 Å². The molecule has 0 aliphatic heterocycles. The van der Waals surface area contributed by atoms with E-state index in [0.29, 0.717) is 29.7 Å². The number of methoxy groups -OCH3 is 1. The van der Waals surface area contributed by atoms with Crippen LogP contribution in [0.1, 0.15) is 43.7 Å². The number of aliphatic carboxylic acids is 1. The van der Waals surface area contributed by atoms with Gasteiger partial charge in [-0.3, -0.25) is 4.79 Å². The van der Waals surface area contributed by atoms with Crippen LogP contribution in [0, 0.1) is 6.92 Å². The molecule has 0 fully saturated rings. The topological polar surface area (TPSA) is 109 Å². The zero-order chi connectivity index (χ0) is 20.0. The van der Waals surface area contributed by atoms with Gasteiger partial charge < -0.3 is 24.4 Å². The maximum atomic E-state index is 12.3. The van der Waals surface area contributed by atoms with Gasteiger partial charge in [0.05, 0.1) is 19.1 Å². The smallest absolute Gasteiger partial charge is 0.339 e. The van der Waals surface area contributed by atoms with Gasteiger partial charge in [-0.05, 0) is 37.5 Å². The highest BCUT2D eigenvalue weighted by Gasteiger charge is 2.16. The van der Waals surface area contributed by atoms with E-state index in [1.165, 1.54) is 7.11 Å². The standard InChI is InChI=1S/C20H25NO6/c1-4-5-6-16(19(23)24)21-18(22)10-9-15-12(2)14-8-7-13(26-3)11-17(14)27-20(15)25/h7-8,11,16H,4-6,9-10H2,1-3H3,(H,21,22)(H,23,24)/p-1/t16-/m1/s1. The van der Waals surface area contributed by atoms with Crippen LogP contribution in [0.3, 0.4) is 0 Å². The van der Waals surface area contributed by atoms with E-state index in [9.17, 15) is 19.5 Å². The number of amides is 1. The Bertz CT molecular complexity index is 886. The first-order valence-corrected chi connectivity index (χ1v) is 8.97. The van der Waals surface area contributed by atoms with Crippen molar-refractivity contribution in [3.63, 3.8) is 0 Å². The number of aryl methyl sites for hydroxylation is 1. The fourth-order valence-corrected chi connectivity index (χ4v) is 2.95. The van der Waals surface area contributed by atoms with Crippen LogP contribution in [0.25, 0.3) is 11.0 Å². The second kappa shape index (κ2) is 9.21. The Kier molecular flexibility index (Phi) is 6.98. The average molecular weight is 374 g/mol. The van der Waals surface area contributed by atoms with E-state index >= 15 is 0 Å². The Labute approximate surface area is 157 Å². The maximum Gasteiger partial charge on any atom is 0.339 e. The zero-order valence-electron chi connectivity index (χ0n) is 15.8. The highest BCUT2D eigenvalue weighted by atomic mass is 16.5. The number of carboxylic acids is 1. The molecule has 2 rings (SSSR count). The van der Waals surface area contributed by atoms with E-state index in [4.69, 9.17) is 9.15 Å². The van der Waals surface area contributed by atoms with Crippen LogP contribution in [0.4, 0.5) is 0 Å². The molecule has 146 valence electrons. The number of hydrogen-bond donors (Lipinski definition) is 1. The fourth-order valence-electron chi connectivity index (χ4n) is 2.95. The largest absolute Gasteiger partial charge is 0.548 e. The number of carbonyl (C=O) groups is 2. The molecule has 0 aliphatic rings. The van der Waals surface area contributed by atoms with Gasteiger partial charge in [-0.15, -0.1) is 0 Å². The highest BCUT2D eigenvalue weighted by molar-refractivity contribution is 5.84. The minimum atomic E-state index is -1.30. The number of hydrogen-bond acceptors (Lipinski definition) is 6. The highest BCUT2D eigenvalue weighted by Crippen LogP contribution is 2.24. The maximum absolute atomic E-state index is 12.3. The van der Waals surface area contributed by atoms with Crippen molar-refractivity contribution in [2.75, 3.05) is 7.11 Å². The molecule has 7 nitrogen and oxygen atoms in total. The third-order valence-electron chi connectivity index (χ3n) is 4.56. The van der Waals surface area contributed by atoms with Gasteiger partial charge in [-0.1, -0.05) is 19.8 Å².